The van der Waals surface area contributed by atoms with Crippen molar-refractivity contribution in [1.82, 2.24) is 4.72 Å². The predicted octanol–water partition coefficient (Wildman–Crippen LogP) is 2.60. The zero-order valence-electron chi connectivity index (χ0n) is 12.6. The Labute approximate surface area is 136 Å². The van der Waals surface area contributed by atoms with Gasteiger partial charge < -0.3 is 5.32 Å². The number of hydrogen-bond donors (Lipinski definition) is 2. The molecule has 2 N–H and O–H groups in total. The van der Waals surface area contributed by atoms with Crippen LogP contribution in [0.3, 0.4) is 0 Å². The molecule has 2 aromatic carbocycles. The van der Waals surface area contributed by atoms with Gasteiger partial charge in [0.1, 0.15) is 0 Å². The molecule has 6 heteroatoms. The highest BCUT2D eigenvalue weighted by atomic mass is 32.2. The van der Waals surface area contributed by atoms with Gasteiger partial charge in [-0.25, -0.2) is 8.42 Å². The van der Waals surface area contributed by atoms with E-state index in [9.17, 15) is 13.2 Å². The van der Waals surface area contributed by atoms with Crippen molar-refractivity contribution in [3.05, 3.63) is 71.6 Å². The zero-order chi connectivity index (χ0) is 16.7. The van der Waals surface area contributed by atoms with E-state index in [0.29, 0.717) is 5.69 Å². The van der Waals surface area contributed by atoms with Gasteiger partial charge in [-0.05, 0) is 30.7 Å². The molecule has 0 bridgehead atoms. The second kappa shape index (κ2) is 7.71. The summed E-state index contributed by atoms with van der Waals surface area (Å²) >= 11 is 0. The van der Waals surface area contributed by atoms with E-state index in [4.69, 9.17) is 0 Å². The van der Waals surface area contributed by atoms with Crippen LogP contribution in [-0.4, -0.2) is 20.4 Å². The summed E-state index contributed by atoms with van der Waals surface area (Å²) in [6.07, 6.45) is 1.48. The molecule has 0 aliphatic rings. The number of nitrogens with one attached hydrogen (secondary N) is 2. The summed E-state index contributed by atoms with van der Waals surface area (Å²) in [5.41, 5.74) is 1.38. The van der Waals surface area contributed by atoms with Crippen LogP contribution in [0.1, 0.15) is 12.5 Å². The Balaban J connectivity index is 1.96. The van der Waals surface area contributed by atoms with Crippen LogP contribution >= 0.6 is 0 Å². The third-order valence-corrected chi connectivity index (χ3v) is 4.19. The first-order chi connectivity index (χ1) is 11.0. The third-order valence-electron chi connectivity index (χ3n) is 3.01. The second-order valence-corrected chi connectivity index (χ2v) is 6.55. The van der Waals surface area contributed by atoms with Crippen LogP contribution < -0.4 is 10.0 Å². The van der Waals surface area contributed by atoms with Gasteiger partial charge in [0.2, 0.25) is 15.9 Å². The van der Waals surface area contributed by atoms with E-state index in [-0.39, 0.29) is 0 Å². The largest absolute Gasteiger partial charge is 0.325 e. The number of rotatable bonds is 6. The van der Waals surface area contributed by atoms with Crippen molar-refractivity contribution in [2.45, 2.75) is 13.0 Å². The third kappa shape index (κ3) is 5.69. The Bertz CT molecular complexity index is 772. The fourth-order valence-corrected chi connectivity index (χ4v) is 2.86. The Hall–Kier alpha value is -2.44. The van der Waals surface area contributed by atoms with Crippen molar-refractivity contribution in [2.75, 3.05) is 5.32 Å². The first kappa shape index (κ1) is 16.9. The van der Waals surface area contributed by atoms with Gasteiger partial charge in [-0.3, -0.25) is 4.79 Å². The molecule has 0 radical (unpaired) electrons. The number of anilines is 1. The van der Waals surface area contributed by atoms with Gasteiger partial charge in [-0.1, -0.05) is 48.5 Å². The number of sulfonamides is 1. The molecule has 0 spiro atoms. The van der Waals surface area contributed by atoms with Crippen molar-refractivity contribution in [3.8, 4) is 0 Å². The van der Waals surface area contributed by atoms with Gasteiger partial charge in [0.25, 0.3) is 0 Å². The number of carbonyl (C=O) groups is 1. The lowest BCUT2D eigenvalue weighted by molar-refractivity contribution is -0.117. The van der Waals surface area contributed by atoms with Gasteiger partial charge in [-0.2, -0.15) is 4.72 Å². The van der Waals surface area contributed by atoms with E-state index in [2.05, 4.69) is 10.0 Å². The minimum Gasteiger partial charge on any atom is -0.325 e. The summed E-state index contributed by atoms with van der Waals surface area (Å²) < 4.78 is 26.3. The lowest BCUT2D eigenvalue weighted by atomic mass is 10.2. The van der Waals surface area contributed by atoms with Crippen LogP contribution in [0.15, 0.2) is 66.1 Å². The molecule has 0 heterocycles. The van der Waals surface area contributed by atoms with Crippen LogP contribution in [0.5, 0.6) is 0 Å². The highest BCUT2D eigenvalue weighted by molar-refractivity contribution is 7.92. The Kier molecular flexibility index (Phi) is 5.67. The topological polar surface area (TPSA) is 75.3 Å². The molecule has 1 unspecified atom stereocenters. The molecule has 2 aromatic rings. The molecule has 1 atom stereocenters. The molecular formula is C17H18N2O3S. The molecule has 1 amide bonds. The molecule has 23 heavy (non-hydrogen) atoms. The van der Waals surface area contributed by atoms with Crippen molar-refractivity contribution >= 4 is 27.7 Å². The number of amides is 1. The molecule has 2 rings (SSSR count). The Morgan fingerprint density at radius 1 is 1.00 bits per heavy atom. The number of benzene rings is 2. The molecule has 0 saturated carbocycles. The predicted molar refractivity (Wildman–Crippen MR) is 92.1 cm³/mol. The zero-order valence-corrected chi connectivity index (χ0v) is 13.5. The van der Waals surface area contributed by atoms with Gasteiger partial charge in [0.05, 0.1) is 6.04 Å². The van der Waals surface area contributed by atoms with Crippen molar-refractivity contribution < 1.29 is 13.2 Å². The first-order valence-electron chi connectivity index (χ1n) is 7.08. The second-order valence-electron chi connectivity index (χ2n) is 4.95. The summed E-state index contributed by atoms with van der Waals surface area (Å²) in [6.45, 7) is 1.49. The molecule has 0 aliphatic heterocycles. The number of hydrogen-bond acceptors (Lipinski definition) is 3. The van der Waals surface area contributed by atoms with Crippen molar-refractivity contribution in [3.63, 3.8) is 0 Å². The number of carbonyl (C=O) groups excluding carboxylic acids is 1. The summed E-state index contributed by atoms with van der Waals surface area (Å²) in [6, 6.07) is 17.0. The summed E-state index contributed by atoms with van der Waals surface area (Å²) in [7, 11) is -3.71. The smallest absolute Gasteiger partial charge is 0.242 e. The van der Waals surface area contributed by atoms with Gasteiger partial charge in [-0.15, -0.1) is 0 Å². The van der Waals surface area contributed by atoms with E-state index in [1.165, 1.54) is 13.0 Å². The minimum absolute atomic E-state index is 0.423. The van der Waals surface area contributed by atoms with Gasteiger partial charge >= 0.3 is 0 Å². The van der Waals surface area contributed by atoms with E-state index in [1.54, 1.807) is 36.4 Å². The molecular weight excluding hydrogens is 312 g/mol. The quantitative estimate of drug-likeness (QED) is 0.855. The summed E-state index contributed by atoms with van der Waals surface area (Å²) in [4.78, 5) is 12.0. The van der Waals surface area contributed by atoms with E-state index in [1.807, 2.05) is 24.3 Å². The van der Waals surface area contributed by atoms with Crippen LogP contribution in [-0.2, 0) is 14.8 Å². The molecule has 0 aromatic heterocycles. The van der Waals surface area contributed by atoms with Crippen LogP contribution in [0.25, 0.3) is 6.08 Å². The molecule has 0 fully saturated rings. The highest BCUT2D eigenvalue weighted by Gasteiger charge is 2.18. The van der Waals surface area contributed by atoms with Gasteiger partial charge in [0, 0.05) is 11.1 Å². The van der Waals surface area contributed by atoms with Gasteiger partial charge in [0.15, 0.2) is 0 Å². The first-order valence-corrected chi connectivity index (χ1v) is 8.62. The van der Waals surface area contributed by atoms with Crippen LogP contribution in [0, 0.1) is 0 Å². The normalized spacial score (nSPS) is 12.9. The average Bonchev–Trinajstić information content (AvgIpc) is 2.54. The maximum Gasteiger partial charge on any atom is 0.242 e. The fourth-order valence-electron chi connectivity index (χ4n) is 1.84. The lowest BCUT2D eigenvalue weighted by Gasteiger charge is -2.12. The van der Waals surface area contributed by atoms with Crippen LogP contribution in [0.4, 0.5) is 5.69 Å². The van der Waals surface area contributed by atoms with E-state index < -0.39 is 22.0 Å². The maximum atomic E-state index is 12.0. The van der Waals surface area contributed by atoms with Crippen molar-refractivity contribution in [1.29, 1.82) is 0 Å². The molecule has 5 nitrogen and oxygen atoms in total. The van der Waals surface area contributed by atoms with E-state index in [0.717, 1.165) is 11.0 Å². The molecule has 0 saturated heterocycles. The maximum absolute atomic E-state index is 12.0. The SMILES string of the molecule is CC(NS(=O)(=O)/C=C/c1ccccc1)C(=O)Nc1ccccc1. The number of para-hydroxylation sites is 1. The van der Waals surface area contributed by atoms with E-state index >= 15 is 0 Å². The van der Waals surface area contributed by atoms with Crippen molar-refractivity contribution in [2.24, 2.45) is 0 Å². The highest BCUT2D eigenvalue weighted by Crippen LogP contribution is 2.07. The Morgan fingerprint density at radius 2 is 1.57 bits per heavy atom. The standard InChI is InChI=1S/C17H18N2O3S/c1-14(17(20)18-16-10-6-3-7-11-16)19-23(21,22)13-12-15-8-4-2-5-9-15/h2-14,19H,1H3,(H,18,20)/b13-12+. The molecule has 0 aliphatic carbocycles. The van der Waals surface area contributed by atoms with Crippen LogP contribution in [0.2, 0.25) is 0 Å². The minimum atomic E-state index is -3.71. The lowest BCUT2D eigenvalue weighted by Crippen LogP contribution is -2.40. The summed E-state index contributed by atoms with van der Waals surface area (Å²) in [5.74, 6) is -0.423. The monoisotopic (exact) mass is 330 g/mol. The fraction of sp³-hybridized carbons (Fsp3) is 0.118. The average molecular weight is 330 g/mol. The summed E-state index contributed by atoms with van der Waals surface area (Å²) in [5, 5.41) is 3.70. The molecule has 120 valence electrons. The Morgan fingerprint density at radius 3 is 2.17 bits per heavy atom.